The third-order valence-corrected chi connectivity index (χ3v) is 9.53. The molecule has 0 amide bonds. The average Bonchev–Trinajstić information content (AvgIpc) is 3.52. The van der Waals surface area contributed by atoms with E-state index in [1.54, 1.807) is 17.0 Å². The first-order valence-electron chi connectivity index (χ1n) is 14.0. The van der Waals surface area contributed by atoms with Gasteiger partial charge in [0.25, 0.3) is 0 Å². The Kier molecular flexibility index (Phi) is 9.10. The molecule has 2 fully saturated rings. The van der Waals surface area contributed by atoms with Crippen LogP contribution in [-0.2, 0) is 32.2 Å². The lowest BCUT2D eigenvalue weighted by atomic mass is 10.0. The number of carbonyl (C=O) groups excluding carboxylic acids is 1. The van der Waals surface area contributed by atoms with Crippen LogP contribution in [0.3, 0.4) is 0 Å². The number of hydrogen-bond acceptors (Lipinski definition) is 8. The van der Waals surface area contributed by atoms with E-state index in [1.807, 2.05) is 12.1 Å². The van der Waals surface area contributed by atoms with Gasteiger partial charge in [0.1, 0.15) is 5.82 Å². The summed E-state index contributed by atoms with van der Waals surface area (Å²) >= 11 is 0. The first kappa shape index (κ1) is 30.6. The second-order valence-electron chi connectivity index (χ2n) is 10.5. The number of aromatic nitrogens is 2. The molecule has 3 heterocycles. The number of ketones is 1. The van der Waals surface area contributed by atoms with E-state index in [-0.39, 0.29) is 41.7 Å². The molecule has 43 heavy (non-hydrogen) atoms. The topological polar surface area (TPSA) is 116 Å². The summed E-state index contributed by atoms with van der Waals surface area (Å²) in [6.45, 7) is 1.40. The minimum Gasteiger partial charge on any atom is -0.379 e. The number of nitriles is 1. The Balaban J connectivity index is 1.35. The van der Waals surface area contributed by atoms with Crippen LogP contribution in [0.25, 0.3) is 11.3 Å². The highest BCUT2D eigenvalue weighted by molar-refractivity contribution is 7.89. The molecule has 226 valence electrons. The SMILES string of the molecule is N#Cc1ccc(CCCC(=O)[C@@H]2CCCN2c2cc(-c3ccc(S(=O)(=O)N4CCOCC4)cc3)nc(C(F)(F)F)n2)cc1. The predicted molar refractivity (Wildman–Crippen MR) is 152 cm³/mol. The van der Waals surface area contributed by atoms with E-state index >= 15 is 0 Å². The van der Waals surface area contributed by atoms with E-state index in [4.69, 9.17) is 10.00 Å². The molecule has 0 radical (unpaired) electrons. The van der Waals surface area contributed by atoms with Crippen LogP contribution in [0.2, 0.25) is 0 Å². The van der Waals surface area contributed by atoms with E-state index < -0.39 is 28.1 Å². The highest BCUT2D eigenvalue weighted by Gasteiger charge is 2.38. The van der Waals surface area contributed by atoms with E-state index in [2.05, 4.69) is 16.0 Å². The number of alkyl halides is 3. The maximum atomic E-state index is 13.9. The van der Waals surface area contributed by atoms with Crippen molar-refractivity contribution in [2.75, 3.05) is 37.7 Å². The fraction of sp³-hybridized carbons (Fsp3) is 0.400. The molecular formula is C30H30F3N5O4S. The van der Waals surface area contributed by atoms with Crippen molar-refractivity contribution in [3.63, 3.8) is 0 Å². The predicted octanol–water partition coefficient (Wildman–Crippen LogP) is 4.62. The number of benzene rings is 2. The van der Waals surface area contributed by atoms with Crippen LogP contribution < -0.4 is 4.90 Å². The first-order valence-corrected chi connectivity index (χ1v) is 15.4. The second kappa shape index (κ2) is 12.8. The van der Waals surface area contributed by atoms with Gasteiger partial charge in [0.05, 0.1) is 41.5 Å². The summed E-state index contributed by atoms with van der Waals surface area (Å²) < 4.78 is 74.1. The number of morpholine rings is 1. The molecule has 2 aromatic carbocycles. The van der Waals surface area contributed by atoms with Crippen molar-refractivity contribution >= 4 is 21.6 Å². The van der Waals surface area contributed by atoms with Gasteiger partial charge in [-0.25, -0.2) is 18.4 Å². The number of sulfonamides is 1. The number of aryl methyl sites for hydroxylation is 1. The summed E-state index contributed by atoms with van der Waals surface area (Å²) in [6.07, 6.45) is -2.24. The van der Waals surface area contributed by atoms with E-state index in [0.717, 1.165) is 5.56 Å². The minimum atomic E-state index is -4.83. The fourth-order valence-electron chi connectivity index (χ4n) is 5.34. The molecule has 1 aromatic heterocycles. The zero-order valence-corrected chi connectivity index (χ0v) is 24.1. The van der Waals surface area contributed by atoms with Crippen molar-refractivity contribution in [1.82, 2.24) is 14.3 Å². The van der Waals surface area contributed by atoms with Gasteiger partial charge in [-0.2, -0.15) is 22.7 Å². The van der Waals surface area contributed by atoms with E-state index in [9.17, 15) is 26.4 Å². The molecule has 0 saturated carbocycles. The second-order valence-corrected chi connectivity index (χ2v) is 12.4. The molecule has 13 heteroatoms. The molecule has 5 rings (SSSR count). The molecule has 2 aliphatic heterocycles. The molecule has 3 aromatic rings. The fourth-order valence-corrected chi connectivity index (χ4v) is 6.75. The molecule has 9 nitrogen and oxygen atoms in total. The van der Waals surface area contributed by atoms with Crippen molar-refractivity contribution in [2.24, 2.45) is 0 Å². The molecular weight excluding hydrogens is 583 g/mol. The van der Waals surface area contributed by atoms with Gasteiger partial charge in [0, 0.05) is 37.7 Å². The van der Waals surface area contributed by atoms with E-state index in [0.29, 0.717) is 56.6 Å². The highest BCUT2D eigenvalue weighted by atomic mass is 32.2. The van der Waals surface area contributed by atoms with Gasteiger partial charge in [0.15, 0.2) is 5.78 Å². The Morgan fingerprint density at radius 3 is 2.37 bits per heavy atom. The maximum Gasteiger partial charge on any atom is 0.451 e. The summed E-state index contributed by atoms with van der Waals surface area (Å²) in [5, 5.41) is 8.95. The third-order valence-electron chi connectivity index (χ3n) is 7.61. The smallest absolute Gasteiger partial charge is 0.379 e. The Hall–Kier alpha value is -3.86. The molecule has 0 N–H and O–H groups in total. The number of rotatable bonds is 9. The van der Waals surface area contributed by atoms with Crippen LogP contribution in [0.15, 0.2) is 59.5 Å². The van der Waals surface area contributed by atoms with Gasteiger partial charge < -0.3 is 9.64 Å². The van der Waals surface area contributed by atoms with Gasteiger partial charge in [-0.3, -0.25) is 4.79 Å². The monoisotopic (exact) mass is 613 g/mol. The molecule has 0 unspecified atom stereocenters. The van der Waals surface area contributed by atoms with Gasteiger partial charge in [-0.05, 0) is 55.5 Å². The van der Waals surface area contributed by atoms with Crippen LogP contribution in [0.4, 0.5) is 19.0 Å². The highest BCUT2D eigenvalue weighted by Crippen LogP contribution is 2.34. The number of nitrogens with zero attached hydrogens (tertiary/aromatic N) is 5. The Morgan fingerprint density at radius 2 is 1.72 bits per heavy atom. The summed E-state index contributed by atoms with van der Waals surface area (Å²) in [6, 6.07) is 15.6. The van der Waals surface area contributed by atoms with Crippen molar-refractivity contribution < 1.29 is 31.1 Å². The van der Waals surface area contributed by atoms with Crippen molar-refractivity contribution in [3.05, 3.63) is 71.5 Å². The Labute approximate surface area is 248 Å². The van der Waals surface area contributed by atoms with Crippen LogP contribution in [0, 0.1) is 11.3 Å². The lowest BCUT2D eigenvalue weighted by molar-refractivity contribution is -0.144. The Morgan fingerprint density at radius 1 is 1.02 bits per heavy atom. The summed E-state index contributed by atoms with van der Waals surface area (Å²) in [5.74, 6) is -1.40. The lowest BCUT2D eigenvalue weighted by Gasteiger charge is -2.26. The maximum absolute atomic E-state index is 13.9. The third kappa shape index (κ3) is 7.04. The standard InChI is InChI=1S/C30H30F3N5O4S/c31-30(32,33)29-35-25(23-10-12-24(13-11-23)43(40,41)37-15-17-42-18-16-37)19-28(36-29)38-14-2-4-26(38)27(39)5-1-3-21-6-8-22(20-34)9-7-21/h6-13,19,26H,1-5,14-18H2/t26-/m0/s1. The number of Topliss-reactive ketones (excluding diaryl/α,β-unsaturated/α-hetero) is 1. The number of hydrogen-bond donors (Lipinski definition) is 0. The van der Waals surface area contributed by atoms with Crippen LogP contribution in [0.1, 0.15) is 42.6 Å². The largest absolute Gasteiger partial charge is 0.451 e. The summed E-state index contributed by atoms with van der Waals surface area (Å²) in [5.41, 5.74) is 1.82. The first-order chi connectivity index (χ1) is 20.6. The van der Waals surface area contributed by atoms with Gasteiger partial charge >= 0.3 is 6.18 Å². The van der Waals surface area contributed by atoms with Gasteiger partial charge in [-0.15, -0.1) is 0 Å². The number of carbonyl (C=O) groups is 1. The zero-order chi connectivity index (χ0) is 30.6. The molecule has 2 aliphatic rings. The molecule has 1 atom stereocenters. The number of anilines is 1. The lowest BCUT2D eigenvalue weighted by Crippen LogP contribution is -2.40. The van der Waals surface area contributed by atoms with Gasteiger partial charge in [-0.1, -0.05) is 24.3 Å². The Bertz CT molecular complexity index is 1600. The van der Waals surface area contributed by atoms with Crippen LogP contribution in [-0.4, -0.2) is 67.4 Å². The zero-order valence-electron chi connectivity index (χ0n) is 23.3. The van der Waals surface area contributed by atoms with E-state index in [1.165, 1.54) is 34.6 Å². The normalized spacial score (nSPS) is 18.0. The quantitative estimate of drug-likeness (QED) is 0.344. The molecule has 0 spiro atoms. The van der Waals surface area contributed by atoms with Crippen molar-refractivity contribution in [2.45, 2.75) is 49.2 Å². The molecule has 0 aliphatic carbocycles. The minimum absolute atomic E-state index is 0.00489. The molecule has 2 saturated heterocycles. The number of halogens is 3. The summed E-state index contributed by atoms with van der Waals surface area (Å²) in [4.78, 5) is 22.4. The van der Waals surface area contributed by atoms with Crippen molar-refractivity contribution in [3.8, 4) is 17.3 Å². The number of ether oxygens (including phenoxy) is 1. The van der Waals surface area contributed by atoms with Gasteiger partial charge in [0.2, 0.25) is 15.8 Å². The van der Waals surface area contributed by atoms with Crippen molar-refractivity contribution in [1.29, 1.82) is 5.26 Å². The van der Waals surface area contributed by atoms with Crippen LogP contribution >= 0.6 is 0 Å². The average molecular weight is 614 g/mol. The molecule has 0 bridgehead atoms. The summed E-state index contributed by atoms with van der Waals surface area (Å²) in [7, 11) is -3.78. The van der Waals surface area contributed by atoms with Crippen LogP contribution in [0.5, 0.6) is 0 Å².